The Bertz CT molecular complexity index is 2280. The predicted molar refractivity (Wildman–Crippen MR) is 161 cm³/mol. The number of furan rings is 1. The quantitative estimate of drug-likeness (QED) is 0.227. The van der Waals surface area contributed by atoms with E-state index in [1.807, 2.05) is 12.1 Å². The fourth-order valence-corrected chi connectivity index (χ4v) is 7.56. The molecule has 1 atom stereocenters. The van der Waals surface area contributed by atoms with Crippen molar-refractivity contribution in [3.63, 3.8) is 0 Å². The lowest BCUT2D eigenvalue weighted by Gasteiger charge is -2.31. The maximum absolute atomic E-state index is 9.98. The van der Waals surface area contributed by atoms with Gasteiger partial charge in [-0.15, -0.1) is 0 Å². The van der Waals surface area contributed by atoms with Crippen LogP contribution in [0.3, 0.4) is 0 Å². The molecule has 4 nitrogen and oxygen atoms in total. The molecular weight excluding hydrogens is 502 g/mol. The van der Waals surface area contributed by atoms with Crippen LogP contribution in [0.2, 0.25) is 0 Å². The Morgan fingerprint density at radius 1 is 0.780 bits per heavy atom. The highest BCUT2D eigenvalue weighted by Crippen LogP contribution is 2.64. The predicted octanol–water partition coefficient (Wildman–Crippen LogP) is 8.55. The number of benzene rings is 5. The molecule has 2 aromatic heterocycles. The van der Waals surface area contributed by atoms with Crippen molar-refractivity contribution in [2.24, 2.45) is 0 Å². The van der Waals surface area contributed by atoms with Gasteiger partial charge >= 0.3 is 0 Å². The van der Waals surface area contributed by atoms with Crippen LogP contribution in [0.1, 0.15) is 40.6 Å². The summed E-state index contributed by atoms with van der Waals surface area (Å²) in [6.45, 7) is 2.15. The summed E-state index contributed by atoms with van der Waals surface area (Å²) >= 11 is 0. The molecule has 2 aliphatic rings. The van der Waals surface area contributed by atoms with E-state index in [0.29, 0.717) is 5.56 Å². The number of aryl methyl sites for hydroxylation is 1. The molecule has 4 heteroatoms. The summed E-state index contributed by atoms with van der Waals surface area (Å²) in [5.74, 6) is 0.993. The van der Waals surface area contributed by atoms with Crippen LogP contribution in [0.5, 0.6) is 0 Å². The molecule has 9 rings (SSSR count). The average molecular weight is 526 g/mol. The van der Waals surface area contributed by atoms with Crippen LogP contribution in [-0.4, -0.2) is 9.55 Å². The van der Waals surface area contributed by atoms with Gasteiger partial charge in [0.05, 0.1) is 40.0 Å². The normalized spacial score (nSPS) is 16.1. The number of nitrogens with zero attached hydrogens (tertiary/aromatic N) is 3. The highest BCUT2D eigenvalue weighted by atomic mass is 16.3. The number of rotatable bonds is 2. The highest BCUT2D eigenvalue weighted by Gasteiger charge is 2.52. The summed E-state index contributed by atoms with van der Waals surface area (Å²) in [5, 5.41) is 11.1. The van der Waals surface area contributed by atoms with E-state index in [-0.39, 0.29) is 0 Å². The molecule has 41 heavy (non-hydrogen) atoms. The van der Waals surface area contributed by atoms with Crippen LogP contribution in [0.25, 0.3) is 49.9 Å². The zero-order valence-corrected chi connectivity index (χ0v) is 22.3. The van der Waals surface area contributed by atoms with E-state index >= 15 is 0 Å². The van der Waals surface area contributed by atoms with Crippen molar-refractivity contribution in [2.75, 3.05) is 0 Å². The lowest BCUT2D eigenvalue weighted by Crippen LogP contribution is -2.26. The van der Waals surface area contributed by atoms with Crippen molar-refractivity contribution in [3.8, 4) is 34.0 Å². The van der Waals surface area contributed by atoms with Gasteiger partial charge in [0.2, 0.25) is 0 Å². The lowest BCUT2D eigenvalue weighted by molar-refractivity contribution is 0.612. The zero-order valence-electron chi connectivity index (χ0n) is 22.3. The summed E-state index contributed by atoms with van der Waals surface area (Å²) in [6, 6.07) is 38.8. The largest absolute Gasteiger partial charge is 0.462 e. The molecule has 0 fully saturated rings. The molecule has 2 heterocycles. The summed E-state index contributed by atoms with van der Waals surface area (Å²) in [6.07, 6.45) is 2.59. The molecule has 0 amide bonds. The monoisotopic (exact) mass is 525 g/mol. The maximum atomic E-state index is 9.98. The molecule has 1 spiro atoms. The summed E-state index contributed by atoms with van der Waals surface area (Å²) in [7, 11) is 0. The fourth-order valence-electron chi connectivity index (χ4n) is 7.56. The van der Waals surface area contributed by atoms with Gasteiger partial charge in [-0.3, -0.25) is 4.57 Å². The molecular formula is C37H23N3O. The smallest absolute Gasteiger partial charge is 0.158 e. The molecule has 7 aromatic rings. The minimum atomic E-state index is -0.562. The average Bonchev–Trinajstić information content (AvgIpc) is 3.78. The van der Waals surface area contributed by atoms with Crippen LogP contribution < -0.4 is 0 Å². The molecule has 0 saturated heterocycles. The first kappa shape index (κ1) is 22.4. The molecule has 0 saturated carbocycles. The van der Waals surface area contributed by atoms with Crippen molar-refractivity contribution < 1.29 is 4.42 Å². The lowest BCUT2D eigenvalue weighted by atomic mass is 9.70. The zero-order chi connectivity index (χ0) is 27.3. The Labute approximate surface area is 236 Å². The molecule has 0 N–H and O–H groups in total. The van der Waals surface area contributed by atoms with Crippen LogP contribution in [0, 0.1) is 11.3 Å². The Morgan fingerprint density at radius 3 is 2.34 bits per heavy atom. The Morgan fingerprint density at radius 2 is 1.51 bits per heavy atom. The van der Waals surface area contributed by atoms with E-state index in [1.165, 1.54) is 38.9 Å². The van der Waals surface area contributed by atoms with E-state index < -0.39 is 5.41 Å². The molecule has 0 bridgehead atoms. The van der Waals surface area contributed by atoms with E-state index in [1.54, 1.807) is 6.26 Å². The number of para-hydroxylation sites is 2. The number of fused-ring (bicyclic) bond motifs is 13. The first-order valence-electron chi connectivity index (χ1n) is 14.0. The van der Waals surface area contributed by atoms with Gasteiger partial charge in [0.15, 0.2) is 5.58 Å². The van der Waals surface area contributed by atoms with Crippen molar-refractivity contribution in [1.82, 2.24) is 9.55 Å². The SMILES string of the molecule is CCc1nc2ccccc2n1-c1cc2c(c3ccoc13)-c1ccccc1C21c2ccccc2-c2ccc(C#N)cc21. The second-order valence-corrected chi connectivity index (χ2v) is 10.9. The van der Waals surface area contributed by atoms with E-state index in [0.717, 1.165) is 45.5 Å². The first-order chi connectivity index (χ1) is 20.3. The fraction of sp³-hybridized carbons (Fsp3) is 0.0811. The number of aromatic nitrogens is 2. The molecule has 5 aromatic carbocycles. The molecule has 1 unspecified atom stereocenters. The number of imidazole rings is 1. The summed E-state index contributed by atoms with van der Waals surface area (Å²) in [4.78, 5) is 5.00. The van der Waals surface area contributed by atoms with Crippen LogP contribution in [0.4, 0.5) is 0 Å². The third kappa shape index (κ3) is 2.61. The topological polar surface area (TPSA) is 54.8 Å². The Balaban J connectivity index is 1.50. The first-order valence-corrected chi connectivity index (χ1v) is 14.0. The van der Waals surface area contributed by atoms with Crippen molar-refractivity contribution in [2.45, 2.75) is 18.8 Å². The van der Waals surface area contributed by atoms with Gasteiger partial charge < -0.3 is 4.42 Å². The third-order valence-electron chi connectivity index (χ3n) is 9.08. The Kier molecular flexibility index (Phi) is 4.29. The van der Waals surface area contributed by atoms with Crippen molar-refractivity contribution >= 4 is 22.0 Å². The minimum absolute atomic E-state index is 0.562. The van der Waals surface area contributed by atoms with E-state index in [9.17, 15) is 5.26 Å². The third-order valence-corrected chi connectivity index (χ3v) is 9.08. The summed E-state index contributed by atoms with van der Waals surface area (Å²) in [5.41, 5.74) is 13.6. The van der Waals surface area contributed by atoms with Gasteiger partial charge in [-0.2, -0.15) is 5.26 Å². The van der Waals surface area contributed by atoms with E-state index in [4.69, 9.17) is 9.40 Å². The van der Waals surface area contributed by atoms with Gasteiger partial charge in [0.25, 0.3) is 0 Å². The number of hydrogen-bond donors (Lipinski definition) is 0. The molecule has 0 aliphatic heterocycles. The van der Waals surface area contributed by atoms with Gasteiger partial charge in [0, 0.05) is 11.8 Å². The molecule has 0 radical (unpaired) electrons. The van der Waals surface area contributed by atoms with Gasteiger partial charge in [-0.25, -0.2) is 4.98 Å². The molecule has 192 valence electrons. The van der Waals surface area contributed by atoms with Crippen LogP contribution in [0.15, 0.2) is 114 Å². The van der Waals surface area contributed by atoms with Gasteiger partial charge in [-0.1, -0.05) is 73.7 Å². The van der Waals surface area contributed by atoms with Crippen LogP contribution >= 0.6 is 0 Å². The van der Waals surface area contributed by atoms with Gasteiger partial charge in [0.1, 0.15) is 5.82 Å². The maximum Gasteiger partial charge on any atom is 0.158 e. The highest BCUT2D eigenvalue weighted by molar-refractivity contribution is 6.07. The van der Waals surface area contributed by atoms with Crippen molar-refractivity contribution in [3.05, 3.63) is 143 Å². The standard InChI is InChI=1S/C37H23N3O/c1-2-34-39-31-13-7-8-14-32(31)40(34)33-20-30-35(26-17-18-41-36(26)33)25-10-4-6-12-28(25)37(30)27-11-5-3-9-23(27)24-16-15-22(21-38)19-29(24)37/h3-20H,2H2,1H3. The minimum Gasteiger partial charge on any atom is -0.462 e. The number of hydrogen-bond acceptors (Lipinski definition) is 3. The second kappa shape index (κ2) is 7.84. The van der Waals surface area contributed by atoms with Crippen LogP contribution in [-0.2, 0) is 11.8 Å². The Hall–Kier alpha value is -5.40. The van der Waals surface area contributed by atoms with Crippen molar-refractivity contribution in [1.29, 1.82) is 5.26 Å². The summed E-state index contributed by atoms with van der Waals surface area (Å²) < 4.78 is 8.57. The second-order valence-electron chi connectivity index (χ2n) is 10.9. The molecule has 2 aliphatic carbocycles. The van der Waals surface area contributed by atoms with E-state index in [2.05, 4.69) is 109 Å². The van der Waals surface area contributed by atoms with Gasteiger partial charge in [-0.05, 0) is 80.9 Å². The number of nitriles is 1.